The molecule has 1 amide bonds. The molecule has 42 heavy (non-hydrogen) atoms. The average molecular weight is 574 g/mol. The third-order valence-corrected chi connectivity index (χ3v) is 7.22. The minimum atomic E-state index is -0.583. The largest absolute Gasteiger partial charge is 0.493 e. The van der Waals surface area contributed by atoms with Gasteiger partial charge in [0.2, 0.25) is 5.75 Å². The summed E-state index contributed by atoms with van der Waals surface area (Å²) in [5, 5.41) is 0.480. The molecule has 0 saturated carbocycles. The maximum Gasteiger partial charge on any atom is 0.266 e. The van der Waals surface area contributed by atoms with Crippen LogP contribution in [0.15, 0.2) is 65.5 Å². The van der Waals surface area contributed by atoms with E-state index in [2.05, 4.69) is 6.92 Å². The summed E-state index contributed by atoms with van der Waals surface area (Å²) in [4.78, 5) is 35.1. The molecule has 0 bridgehead atoms. The van der Waals surface area contributed by atoms with Crippen LogP contribution in [-0.2, 0) is 0 Å². The summed E-state index contributed by atoms with van der Waals surface area (Å²) >= 11 is 0. The summed E-state index contributed by atoms with van der Waals surface area (Å²) in [5.41, 5.74) is 1.27. The number of ether oxygens (including phenoxy) is 4. The van der Waals surface area contributed by atoms with E-state index in [-0.39, 0.29) is 11.5 Å². The Bertz CT molecular complexity index is 1570. The molecule has 0 aliphatic rings. The number of carbonyl (C=O) groups excluding carboxylic acids is 1. The number of hydrogen-bond acceptors (Lipinski definition) is 7. The molecule has 0 aliphatic heterocycles. The normalized spacial score (nSPS) is 11.7. The summed E-state index contributed by atoms with van der Waals surface area (Å²) in [6, 6.07) is 17.3. The van der Waals surface area contributed by atoms with Crippen LogP contribution in [0.1, 0.15) is 62.3 Å². The number of hydrogen-bond donors (Lipinski definition) is 0. The Hall–Kier alpha value is -4.53. The summed E-state index contributed by atoms with van der Waals surface area (Å²) in [6.45, 7) is 6.80. The van der Waals surface area contributed by atoms with Crippen molar-refractivity contribution >= 4 is 16.8 Å². The lowest BCUT2D eigenvalue weighted by Gasteiger charge is -2.31. The molecule has 9 nitrogen and oxygen atoms in total. The van der Waals surface area contributed by atoms with Crippen LogP contribution >= 0.6 is 0 Å². The minimum absolute atomic E-state index is 0.233. The topological polar surface area (TPSA) is 92.1 Å². The van der Waals surface area contributed by atoms with Crippen LogP contribution in [0.2, 0.25) is 0 Å². The maximum atomic E-state index is 14.3. The van der Waals surface area contributed by atoms with Gasteiger partial charge in [-0.3, -0.25) is 14.2 Å². The summed E-state index contributed by atoms with van der Waals surface area (Å²) in [6.07, 6.45) is 2.71. The molecule has 3 aromatic carbocycles. The second-order valence-corrected chi connectivity index (χ2v) is 9.82. The first-order chi connectivity index (χ1) is 20.4. The number of nitrogens with zero attached hydrogens (tertiary/aromatic N) is 3. The first-order valence-corrected chi connectivity index (χ1v) is 14.2. The fraction of sp³-hybridized carbons (Fsp3) is 0.364. The predicted molar refractivity (Wildman–Crippen MR) is 164 cm³/mol. The molecule has 0 spiro atoms. The molecule has 222 valence electrons. The van der Waals surface area contributed by atoms with Crippen LogP contribution in [0.3, 0.4) is 0 Å². The highest BCUT2D eigenvalue weighted by molar-refractivity contribution is 5.96. The van der Waals surface area contributed by atoms with Crippen molar-refractivity contribution < 1.29 is 23.7 Å². The van der Waals surface area contributed by atoms with E-state index in [9.17, 15) is 9.59 Å². The highest BCUT2D eigenvalue weighted by Gasteiger charge is 2.29. The van der Waals surface area contributed by atoms with Gasteiger partial charge >= 0.3 is 0 Å². The highest BCUT2D eigenvalue weighted by atomic mass is 16.5. The smallest absolute Gasteiger partial charge is 0.266 e. The van der Waals surface area contributed by atoms with Crippen LogP contribution in [0, 0.1) is 0 Å². The molecule has 0 N–H and O–H groups in total. The Morgan fingerprint density at radius 2 is 1.57 bits per heavy atom. The molecule has 0 fully saturated rings. The van der Waals surface area contributed by atoms with Gasteiger partial charge in [-0.05, 0) is 56.7 Å². The quantitative estimate of drug-likeness (QED) is 0.176. The summed E-state index contributed by atoms with van der Waals surface area (Å²) in [5.74, 6) is 1.91. The Kier molecular flexibility index (Phi) is 10.1. The third-order valence-electron chi connectivity index (χ3n) is 7.22. The van der Waals surface area contributed by atoms with Gasteiger partial charge in [-0.25, -0.2) is 4.98 Å². The number of rotatable bonds is 13. The van der Waals surface area contributed by atoms with Gasteiger partial charge in [0.25, 0.3) is 11.5 Å². The van der Waals surface area contributed by atoms with Gasteiger partial charge in [0.05, 0.1) is 50.6 Å². The Morgan fingerprint density at radius 3 is 2.21 bits per heavy atom. The van der Waals surface area contributed by atoms with Gasteiger partial charge in [-0.1, -0.05) is 44.0 Å². The summed E-state index contributed by atoms with van der Waals surface area (Å²) < 4.78 is 24.0. The second kappa shape index (κ2) is 13.9. The van der Waals surface area contributed by atoms with Crippen LogP contribution in [0.4, 0.5) is 0 Å². The number of para-hydroxylation sites is 3. The van der Waals surface area contributed by atoms with Gasteiger partial charge in [-0.15, -0.1) is 0 Å². The lowest BCUT2D eigenvalue weighted by Crippen LogP contribution is -2.38. The van der Waals surface area contributed by atoms with Crippen LogP contribution < -0.4 is 24.5 Å². The molecule has 1 atom stereocenters. The number of unbranched alkanes of at least 4 members (excludes halogenated alkanes) is 2. The molecule has 1 unspecified atom stereocenters. The van der Waals surface area contributed by atoms with Gasteiger partial charge in [0.15, 0.2) is 11.5 Å². The van der Waals surface area contributed by atoms with E-state index < -0.39 is 6.04 Å². The SMILES string of the molecule is CCCCCN(C(=O)c1cc(OC)c(OC)c(OC)c1)C(C)c1nc2ccccc2c(=O)n1-c1ccccc1OCC. The summed E-state index contributed by atoms with van der Waals surface area (Å²) in [7, 11) is 4.55. The van der Waals surface area contributed by atoms with E-state index in [1.54, 1.807) is 27.7 Å². The Balaban J connectivity index is 1.93. The molecule has 0 radical (unpaired) electrons. The van der Waals surface area contributed by atoms with Crippen molar-refractivity contribution in [1.29, 1.82) is 0 Å². The first-order valence-electron chi connectivity index (χ1n) is 14.2. The molecule has 4 aromatic rings. The molecular formula is C33H39N3O6. The van der Waals surface area contributed by atoms with Gasteiger partial charge in [-0.2, -0.15) is 0 Å². The van der Waals surface area contributed by atoms with Crippen molar-refractivity contribution in [2.75, 3.05) is 34.5 Å². The van der Waals surface area contributed by atoms with Gasteiger partial charge in [0, 0.05) is 12.1 Å². The zero-order valence-corrected chi connectivity index (χ0v) is 25.2. The molecule has 1 aromatic heterocycles. The Labute approximate surface area is 246 Å². The third kappa shape index (κ3) is 6.05. The number of carbonyl (C=O) groups is 1. The van der Waals surface area contributed by atoms with E-state index in [0.29, 0.717) is 64.1 Å². The fourth-order valence-electron chi connectivity index (χ4n) is 5.10. The van der Waals surface area contributed by atoms with Crippen molar-refractivity contribution in [3.63, 3.8) is 0 Å². The minimum Gasteiger partial charge on any atom is -0.493 e. The second-order valence-electron chi connectivity index (χ2n) is 9.82. The van der Waals surface area contributed by atoms with E-state index in [1.165, 1.54) is 21.3 Å². The van der Waals surface area contributed by atoms with Gasteiger partial charge in [0.1, 0.15) is 11.6 Å². The van der Waals surface area contributed by atoms with Crippen molar-refractivity contribution in [3.05, 3.63) is 82.4 Å². The number of methoxy groups -OCH3 is 3. The van der Waals surface area contributed by atoms with E-state index in [4.69, 9.17) is 23.9 Å². The van der Waals surface area contributed by atoms with E-state index in [0.717, 1.165) is 19.3 Å². The lowest BCUT2D eigenvalue weighted by atomic mass is 10.1. The predicted octanol–water partition coefficient (Wildman–Crippen LogP) is 6.20. The number of amides is 1. The van der Waals surface area contributed by atoms with Crippen molar-refractivity contribution in [1.82, 2.24) is 14.5 Å². The number of aromatic nitrogens is 2. The van der Waals surface area contributed by atoms with E-state index in [1.807, 2.05) is 56.3 Å². The van der Waals surface area contributed by atoms with Crippen LogP contribution in [0.5, 0.6) is 23.0 Å². The molecule has 0 aliphatic carbocycles. The molecule has 0 saturated heterocycles. The van der Waals surface area contributed by atoms with Crippen molar-refractivity contribution in [3.8, 4) is 28.7 Å². The van der Waals surface area contributed by atoms with Crippen molar-refractivity contribution in [2.24, 2.45) is 0 Å². The van der Waals surface area contributed by atoms with Crippen molar-refractivity contribution in [2.45, 2.75) is 46.1 Å². The van der Waals surface area contributed by atoms with E-state index >= 15 is 0 Å². The molecule has 4 rings (SSSR count). The maximum absolute atomic E-state index is 14.3. The van der Waals surface area contributed by atoms with Crippen LogP contribution in [0.25, 0.3) is 16.6 Å². The lowest BCUT2D eigenvalue weighted by molar-refractivity contribution is 0.0676. The zero-order chi connectivity index (χ0) is 30.2. The van der Waals surface area contributed by atoms with Gasteiger partial charge < -0.3 is 23.8 Å². The molecular weight excluding hydrogens is 534 g/mol. The molecule has 1 heterocycles. The zero-order valence-electron chi connectivity index (χ0n) is 25.2. The highest BCUT2D eigenvalue weighted by Crippen LogP contribution is 2.39. The Morgan fingerprint density at radius 1 is 0.905 bits per heavy atom. The first kappa shape index (κ1) is 30.4. The number of benzene rings is 3. The fourth-order valence-corrected chi connectivity index (χ4v) is 5.10. The standard InChI is InChI=1S/C33H39N3O6/c1-7-9-14-19-35(32(37)23-20-28(39-4)30(41-6)29(21-23)40-5)22(3)31-34-25-16-11-10-15-24(25)33(38)36(31)26-17-12-13-18-27(26)42-8-2/h10-13,15-18,20-22H,7-9,14,19H2,1-6H3. The average Bonchev–Trinajstić information content (AvgIpc) is 3.02. The monoisotopic (exact) mass is 573 g/mol. The van der Waals surface area contributed by atoms with Crippen LogP contribution in [-0.4, -0.2) is 54.8 Å². The molecule has 9 heteroatoms. The number of fused-ring (bicyclic) bond motifs is 1.